The Bertz CT molecular complexity index is 1240. The third-order valence-electron chi connectivity index (χ3n) is 8.09. The van der Waals surface area contributed by atoms with Gasteiger partial charge in [-0.2, -0.15) is 17.6 Å². The van der Waals surface area contributed by atoms with Crippen LogP contribution in [0, 0.1) is 41.0 Å². The third-order valence-corrected chi connectivity index (χ3v) is 8.09. The normalized spacial score (nSPS) is 23.5. The largest absolute Gasteiger partial charge is 0.491 e. The maximum atomic E-state index is 14.8. The summed E-state index contributed by atoms with van der Waals surface area (Å²) < 4.78 is 102. The lowest BCUT2D eigenvalue weighted by Gasteiger charge is -2.29. The summed E-state index contributed by atoms with van der Waals surface area (Å²) in [6.45, 7) is 2.57. The van der Waals surface area contributed by atoms with Gasteiger partial charge in [-0.1, -0.05) is 24.3 Å². The van der Waals surface area contributed by atoms with Crippen molar-refractivity contribution in [1.29, 1.82) is 0 Å². The van der Waals surface area contributed by atoms with E-state index in [9.17, 15) is 26.3 Å². The first-order chi connectivity index (χ1) is 20.1. The molecule has 0 saturated heterocycles. The molecule has 2 aromatic carbocycles. The molecule has 4 rings (SSSR count). The maximum absolute atomic E-state index is 14.8. The van der Waals surface area contributed by atoms with Gasteiger partial charge in [0.05, 0.1) is 12.7 Å². The predicted octanol–water partition coefficient (Wildman–Crippen LogP) is 9.79. The Kier molecular flexibility index (Phi) is 11.0. The minimum atomic E-state index is -3.94. The number of hydrogen-bond donors (Lipinski definition) is 0. The highest BCUT2D eigenvalue weighted by Crippen LogP contribution is 2.37. The Morgan fingerprint density at radius 3 is 1.69 bits per heavy atom. The van der Waals surface area contributed by atoms with Crippen molar-refractivity contribution in [3.05, 3.63) is 71.8 Å². The highest BCUT2D eigenvalue weighted by atomic mass is 19.3. The van der Waals surface area contributed by atoms with Crippen molar-refractivity contribution in [2.75, 3.05) is 13.2 Å². The Balaban J connectivity index is 1.28. The van der Waals surface area contributed by atoms with Gasteiger partial charge < -0.3 is 14.2 Å². The van der Waals surface area contributed by atoms with Gasteiger partial charge in [0.1, 0.15) is 0 Å². The van der Waals surface area contributed by atoms with Crippen LogP contribution in [0.15, 0.2) is 48.6 Å². The predicted molar refractivity (Wildman–Crippen MR) is 150 cm³/mol. The molecule has 3 nitrogen and oxygen atoms in total. The molecule has 2 aliphatic carbocycles. The van der Waals surface area contributed by atoms with Crippen molar-refractivity contribution in [2.24, 2.45) is 17.8 Å². The summed E-state index contributed by atoms with van der Waals surface area (Å²) in [5.74, 6) is -6.01. The van der Waals surface area contributed by atoms with Gasteiger partial charge in [0, 0.05) is 11.1 Å². The average molecular weight is 597 g/mol. The third kappa shape index (κ3) is 8.12. The maximum Gasteiger partial charge on any atom is 0.422 e. The number of halogens is 6. The van der Waals surface area contributed by atoms with Crippen LogP contribution in [0.1, 0.15) is 65.2 Å². The van der Waals surface area contributed by atoms with E-state index in [2.05, 4.69) is 36.0 Å². The molecule has 0 aromatic heterocycles. The number of rotatable bonds is 11. The minimum absolute atomic E-state index is 0.0691. The molecule has 0 spiro atoms. The van der Waals surface area contributed by atoms with E-state index in [4.69, 9.17) is 9.47 Å². The second-order valence-electron chi connectivity index (χ2n) is 11.1. The first kappa shape index (κ1) is 32.0. The van der Waals surface area contributed by atoms with E-state index in [0.29, 0.717) is 30.6 Å². The lowest BCUT2D eigenvalue weighted by atomic mass is 9.80. The Hall–Kier alpha value is -2.94. The molecule has 0 unspecified atom stereocenters. The van der Waals surface area contributed by atoms with E-state index in [1.165, 1.54) is 25.7 Å². The molecule has 0 N–H and O–H groups in total. The topological polar surface area (TPSA) is 27.7 Å². The van der Waals surface area contributed by atoms with Crippen LogP contribution in [-0.4, -0.2) is 25.4 Å². The zero-order chi connectivity index (χ0) is 30.3. The van der Waals surface area contributed by atoms with Gasteiger partial charge in [0.15, 0.2) is 29.7 Å². The lowest BCUT2D eigenvalue weighted by Crippen LogP contribution is -2.34. The number of allylic oxidation sites excluding steroid dienone is 4. The van der Waals surface area contributed by atoms with Crippen molar-refractivity contribution < 1.29 is 40.6 Å². The van der Waals surface area contributed by atoms with Crippen molar-refractivity contribution >= 4 is 0 Å². The fourth-order valence-corrected chi connectivity index (χ4v) is 5.79. The van der Waals surface area contributed by atoms with Crippen LogP contribution in [0.3, 0.4) is 0 Å². The molecular formula is C33H38F6O3. The highest BCUT2D eigenvalue weighted by molar-refractivity contribution is 5.67. The lowest BCUT2D eigenvalue weighted by molar-refractivity contribution is -0.223. The van der Waals surface area contributed by atoms with Crippen molar-refractivity contribution in [2.45, 2.75) is 77.4 Å². The molecule has 0 atom stereocenters. The molecule has 0 radical (unpaired) electrons. The van der Waals surface area contributed by atoms with Gasteiger partial charge in [-0.25, -0.2) is 8.78 Å². The summed E-state index contributed by atoms with van der Waals surface area (Å²) in [7, 11) is 0. The molecule has 230 valence electrons. The Morgan fingerprint density at radius 1 is 0.690 bits per heavy atom. The summed E-state index contributed by atoms with van der Waals surface area (Å²) in [5.41, 5.74) is -1.23. The molecule has 0 aliphatic heterocycles. The van der Waals surface area contributed by atoms with Gasteiger partial charge in [-0.3, -0.25) is 0 Å². The van der Waals surface area contributed by atoms with Crippen LogP contribution in [-0.2, 0) is 4.74 Å². The van der Waals surface area contributed by atoms with Gasteiger partial charge in [-0.15, -0.1) is 0 Å². The van der Waals surface area contributed by atoms with E-state index >= 15 is 0 Å². The number of alkyl halides is 2. The van der Waals surface area contributed by atoms with Crippen LogP contribution in [0.2, 0.25) is 0 Å². The molecule has 2 aromatic rings. The highest BCUT2D eigenvalue weighted by Gasteiger charge is 2.36. The quantitative estimate of drug-likeness (QED) is 0.191. The molecule has 2 saturated carbocycles. The van der Waals surface area contributed by atoms with E-state index in [0.717, 1.165) is 37.1 Å². The fourth-order valence-electron chi connectivity index (χ4n) is 5.79. The second kappa shape index (κ2) is 14.5. The average Bonchev–Trinajstić information content (AvgIpc) is 2.98. The fraction of sp³-hybridized carbons (Fsp3) is 0.515. The Labute approximate surface area is 243 Å². The molecule has 0 heterocycles. The van der Waals surface area contributed by atoms with Gasteiger partial charge in [0.2, 0.25) is 11.6 Å². The van der Waals surface area contributed by atoms with Gasteiger partial charge >= 0.3 is 6.11 Å². The molecule has 0 bridgehead atoms. The number of hydrogen-bond acceptors (Lipinski definition) is 3. The molecule has 0 amide bonds. The number of ether oxygens (including phenoxy) is 3. The van der Waals surface area contributed by atoms with E-state index in [1.54, 1.807) is 6.92 Å². The molecule has 9 heteroatoms. The summed E-state index contributed by atoms with van der Waals surface area (Å²) in [6, 6.07) is 3.70. The monoisotopic (exact) mass is 596 g/mol. The standard InChI is InChI=1S/C33H38F6O3/c1-3-5-21-6-8-22(9-7-21)10-11-23-12-14-24(15-13-23)41-20-33(38,39)42-28-19-17-26(30(35)32(28)37)25-16-18-27(40-4-2)31(36)29(25)34/h3,5,10-11,16-19,21-24H,4,6-9,12-15,20H2,1-2H3/b5-3+,11-10+. The van der Waals surface area contributed by atoms with Gasteiger partial charge in [-0.05, 0) is 107 Å². The SMILES string of the molecule is C/C=C/C1CCC(/C=C/C2CCC(OCC(F)(F)Oc3ccc(-c4ccc(OCC)c(F)c4F)c(F)c3F)CC2)CC1. The summed E-state index contributed by atoms with van der Waals surface area (Å²) >= 11 is 0. The first-order valence-corrected chi connectivity index (χ1v) is 14.7. The summed E-state index contributed by atoms with van der Waals surface area (Å²) in [6.07, 6.45) is 12.3. The Morgan fingerprint density at radius 2 is 1.17 bits per heavy atom. The van der Waals surface area contributed by atoms with Crippen LogP contribution < -0.4 is 9.47 Å². The van der Waals surface area contributed by atoms with Crippen molar-refractivity contribution in [3.8, 4) is 22.6 Å². The summed E-state index contributed by atoms with van der Waals surface area (Å²) in [4.78, 5) is 0. The van der Waals surface area contributed by atoms with Gasteiger partial charge in [0.25, 0.3) is 0 Å². The zero-order valence-electron chi connectivity index (χ0n) is 24.0. The van der Waals surface area contributed by atoms with Crippen LogP contribution in [0.5, 0.6) is 11.5 Å². The van der Waals surface area contributed by atoms with Crippen LogP contribution in [0.25, 0.3) is 11.1 Å². The molecule has 42 heavy (non-hydrogen) atoms. The molecule has 2 aliphatic rings. The summed E-state index contributed by atoms with van der Waals surface area (Å²) in [5, 5.41) is 0. The smallest absolute Gasteiger partial charge is 0.422 e. The van der Waals surface area contributed by atoms with E-state index < -0.39 is 52.9 Å². The van der Waals surface area contributed by atoms with Crippen LogP contribution in [0.4, 0.5) is 26.3 Å². The first-order valence-electron chi connectivity index (χ1n) is 14.7. The molecule has 2 fully saturated rings. The van der Waals surface area contributed by atoms with Crippen molar-refractivity contribution in [3.63, 3.8) is 0 Å². The second-order valence-corrected chi connectivity index (χ2v) is 11.1. The minimum Gasteiger partial charge on any atom is -0.491 e. The molecular weight excluding hydrogens is 558 g/mol. The van der Waals surface area contributed by atoms with E-state index in [1.807, 2.05) is 0 Å². The van der Waals surface area contributed by atoms with E-state index in [-0.39, 0.29) is 18.5 Å². The number of benzene rings is 2. The van der Waals surface area contributed by atoms with Crippen molar-refractivity contribution in [1.82, 2.24) is 0 Å². The van der Waals surface area contributed by atoms with Crippen LogP contribution >= 0.6 is 0 Å². The zero-order valence-corrected chi connectivity index (χ0v) is 24.0.